The molecule has 0 aliphatic heterocycles. The van der Waals surface area contributed by atoms with Crippen molar-refractivity contribution in [1.82, 2.24) is 5.32 Å². The van der Waals surface area contributed by atoms with Gasteiger partial charge in [-0.15, -0.1) is 0 Å². The minimum absolute atomic E-state index is 0.119. The van der Waals surface area contributed by atoms with Gasteiger partial charge in [-0.25, -0.2) is 8.42 Å². The average Bonchev–Trinajstić information content (AvgIpc) is 2.81. The number of hydrogen-bond donors (Lipinski definition) is 4. The fraction of sp³-hybridized carbons (Fsp3) is 0.200. The van der Waals surface area contributed by atoms with Crippen molar-refractivity contribution in [2.45, 2.75) is 30.2 Å². The van der Waals surface area contributed by atoms with Crippen LogP contribution in [-0.2, 0) is 26.0 Å². The van der Waals surface area contributed by atoms with Crippen LogP contribution in [0.4, 0.5) is 0 Å². The number of ether oxygens (including phenoxy) is 1. The Hall–Kier alpha value is -3.89. The number of aliphatic carboxylic acids is 2. The second kappa shape index (κ2) is 12.5. The van der Waals surface area contributed by atoms with E-state index in [1.54, 1.807) is 26.0 Å². The van der Waals surface area contributed by atoms with Crippen molar-refractivity contribution in [3.05, 3.63) is 83.4 Å². The van der Waals surface area contributed by atoms with Crippen molar-refractivity contribution in [3.63, 3.8) is 0 Å². The van der Waals surface area contributed by atoms with Gasteiger partial charge in [0.1, 0.15) is 18.1 Å². The van der Waals surface area contributed by atoms with Crippen molar-refractivity contribution in [2.24, 2.45) is 0 Å². The summed E-state index contributed by atoms with van der Waals surface area (Å²) in [4.78, 5) is 19.8. The molecule has 0 heterocycles. The lowest BCUT2D eigenvalue weighted by Crippen LogP contribution is -2.27. The Morgan fingerprint density at radius 2 is 1.34 bits per heavy atom. The largest absolute Gasteiger partial charge is 0.507 e. The number of benzene rings is 3. The van der Waals surface area contributed by atoms with E-state index in [0.29, 0.717) is 23.5 Å². The zero-order valence-corrected chi connectivity index (χ0v) is 20.1. The molecule has 10 heteroatoms. The Morgan fingerprint density at radius 3 is 1.83 bits per heavy atom. The van der Waals surface area contributed by atoms with Crippen molar-refractivity contribution >= 4 is 21.8 Å². The fourth-order valence-corrected chi connectivity index (χ4v) is 4.37. The molecular weight excluding hydrogens is 474 g/mol. The van der Waals surface area contributed by atoms with Crippen LogP contribution in [-0.4, -0.2) is 48.8 Å². The van der Waals surface area contributed by atoms with Crippen LogP contribution in [0.1, 0.15) is 16.7 Å². The maximum atomic E-state index is 12.8. The number of aryl methyl sites for hydroxylation is 2. The van der Waals surface area contributed by atoms with Gasteiger partial charge in [-0.3, -0.25) is 14.9 Å². The summed E-state index contributed by atoms with van der Waals surface area (Å²) in [5, 5.41) is 28.0. The van der Waals surface area contributed by atoms with E-state index in [-0.39, 0.29) is 28.6 Å². The zero-order valence-electron chi connectivity index (χ0n) is 19.3. The molecule has 0 radical (unpaired) electrons. The molecule has 3 aromatic carbocycles. The standard InChI is InChI=1S/C21H20O4S.C4H7NO4/c1-15-12-20(13-16(2)21(15)22)26(23,24)19-10-8-18(9-11-19)25-14-17-6-4-3-5-7-17;6-3(7)1-5-2-4(8)9/h3-13,22H,14H2,1-2H3;5H,1-2H2,(H,6,7)(H,8,9). The van der Waals surface area contributed by atoms with Crippen molar-refractivity contribution in [3.8, 4) is 11.5 Å². The van der Waals surface area contributed by atoms with Crippen molar-refractivity contribution in [2.75, 3.05) is 13.1 Å². The van der Waals surface area contributed by atoms with Crippen LogP contribution >= 0.6 is 0 Å². The Kier molecular flexibility index (Phi) is 9.80. The van der Waals surface area contributed by atoms with E-state index in [1.807, 2.05) is 30.3 Å². The molecule has 4 N–H and O–H groups in total. The highest BCUT2D eigenvalue weighted by Gasteiger charge is 2.19. The maximum Gasteiger partial charge on any atom is 0.317 e. The van der Waals surface area contributed by atoms with E-state index >= 15 is 0 Å². The Morgan fingerprint density at radius 1 is 0.829 bits per heavy atom. The molecule has 0 amide bonds. The summed E-state index contributed by atoms with van der Waals surface area (Å²) < 4.78 is 31.3. The highest BCUT2D eigenvalue weighted by atomic mass is 32.2. The summed E-state index contributed by atoms with van der Waals surface area (Å²) in [6, 6.07) is 19.1. The number of rotatable bonds is 9. The fourth-order valence-electron chi connectivity index (χ4n) is 2.94. The first-order valence-corrected chi connectivity index (χ1v) is 12.0. The topological polar surface area (TPSA) is 150 Å². The SMILES string of the molecule is Cc1cc(S(=O)(=O)c2ccc(OCc3ccccc3)cc2)cc(C)c1O.O=C(O)CNCC(=O)O. The number of hydrogen-bond acceptors (Lipinski definition) is 7. The summed E-state index contributed by atoms with van der Waals surface area (Å²) in [6.07, 6.45) is 0. The molecule has 0 saturated heterocycles. The number of carboxylic acid groups (broad SMARTS) is 2. The number of sulfone groups is 1. The van der Waals surface area contributed by atoms with Gasteiger partial charge >= 0.3 is 11.9 Å². The summed E-state index contributed by atoms with van der Waals surface area (Å²) in [7, 11) is -3.65. The first-order chi connectivity index (χ1) is 16.5. The molecule has 3 rings (SSSR count). The van der Waals surface area contributed by atoms with Crippen LogP contribution in [0.25, 0.3) is 0 Å². The molecule has 0 unspecified atom stereocenters. The van der Waals surface area contributed by atoms with Crippen LogP contribution in [0.15, 0.2) is 76.5 Å². The van der Waals surface area contributed by atoms with Gasteiger partial charge in [0.25, 0.3) is 0 Å². The number of nitrogens with one attached hydrogen (secondary N) is 1. The highest BCUT2D eigenvalue weighted by Crippen LogP contribution is 2.29. The van der Waals surface area contributed by atoms with E-state index < -0.39 is 21.8 Å². The molecule has 0 aliphatic carbocycles. The van der Waals surface area contributed by atoms with Crippen LogP contribution in [0.5, 0.6) is 11.5 Å². The Labute approximate surface area is 203 Å². The van der Waals surface area contributed by atoms with E-state index in [1.165, 1.54) is 24.3 Å². The van der Waals surface area contributed by atoms with Gasteiger partial charge in [-0.05, 0) is 66.9 Å². The smallest absolute Gasteiger partial charge is 0.317 e. The van der Waals surface area contributed by atoms with Crippen molar-refractivity contribution in [1.29, 1.82) is 0 Å². The average molecular weight is 502 g/mol. The van der Waals surface area contributed by atoms with Gasteiger partial charge in [0, 0.05) is 0 Å². The molecule has 0 spiro atoms. The van der Waals surface area contributed by atoms with E-state index in [0.717, 1.165) is 5.56 Å². The quantitative estimate of drug-likeness (QED) is 0.347. The maximum absolute atomic E-state index is 12.8. The minimum atomic E-state index is -3.65. The predicted molar refractivity (Wildman–Crippen MR) is 128 cm³/mol. The van der Waals surface area contributed by atoms with Gasteiger partial charge in [-0.1, -0.05) is 30.3 Å². The Bertz CT molecular complexity index is 1220. The van der Waals surface area contributed by atoms with Crippen LogP contribution in [0.2, 0.25) is 0 Å². The molecule has 0 atom stereocenters. The monoisotopic (exact) mass is 501 g/mol. The third-order valence-electron chi connectivity index (χ3n) is 4.71. The van der Waals surface area contributed by atoms with Crippen LogP contribution in [0, 0.1) is 13.8 Å². The van der Waals surface area contributed by atoms with E-state index in [9.17, 15) is 23.1 Å². The number of aromatic hydroxyl groups is 1. The molecule has 0 aliphatic rings. The molecule has 0 aromatic heterocycles. The summed E-state index contributed by atoms with van der Waals surface area (Å²) in [5.74, 6) is -1.40. The molecular formula is C25H27NO8S. The Balaban J connectivity index is 0.000000410. The summed E-state index contributed by atoms with van der Waals surface area (Å²) in [6.45, 7) is 3.16. The zero-order chi connectivity index (χ0) is 26.0. The number of carbonyl (C=O) groups is 2. The second-order valence-corrected chi connectivity index (χ2v) is 9.50. The van der Waals surface area contributed by atoms with Gasteiger partial charge in [0.05, 0.1) is 22.9 Å². The molecule has 3 aromatic rings. The first kappa shape index (κ1) is 27.4. The molecule has 0 fully saturated rings. The third-order valence-corrected chi connectivity index (χ3v) is 6.46. The predicted octanol–water partition coefficient (Wildman–Crippen LogP) is 3.17. The van der Waals surface area contributed by atoms with E-state index in [4.69, 9.17) is 14.9 Å². The second-order valence-electron chi connectivity index (χ2n) is 7.55. The lowest BCUT2D eigenvalue weighted by molar-refractivity contribution is -0.137. The first-order valence-electron chi connectivity index (χ1n) is 10.5. The summed E-state index contributed by atoms with van der Waals surface area (Å²) >= 11 is 0. The summed E-state index contributed by atoms with van der Waals surface area (Å²) in [5.41, 5.74) is 2.11. The molecule has 0 bridgehead atoms. The normalized spacial score (nSPS) is 10.7. The van der Waals surface area contributed by atoms with Crippen LogP contribution < -0.4 is 10.1 Å². The third kappa shape index (κ3) is 8.43. The van der Waals surface area contributed by atoms with Gasteiger partial charge in [0.2, 0.25) is 9.84 Å². The highest BCUT2D eigenvalue weighted by molar-refractivity contribution is 7.91. The lowest BCUT2D eigenvalue weighted by atomic mass is 10.1. The number of carboxylic acids is 2. The van der Waals surface area contributed by atoms with Gasteiger partial charge in [-0.2, -0.15) is 0 Å². The minimum Gasteiger partial charge on any atom is -0.507 e. The number of phenols is 1. The number of phenolic OH excluding ortho intramolecular Hbond substituents is 1. The molecule has 9 nitrogen and oxygen atoms in total. The molecule has 0 saturated carbocycles. The van der Waals surface area contributed by atoms with Gasteiger partial charge < -0.3 is 20.1 Å². The lowest BCUT2D eigenvalue weighted by Gasteiger charge is -2.10. The van der Waals surface area contributed by atoms with Crippen molar-refractivity contribution < 1.29 is 38.1 Å². The van der Waals surface area contributed by atoms with E-state index in [2.05, 4.69) is 5.32 Å². The molecule has 35 heavy (non-hydrogen) atoms. The molecule has 186 valence electrons. The van der Waals surface area contributed by atoms with Gasteiger partial charge in [0.15, 0.2) is 0 Å². The van der Waals surface area contributed by atoms with Crippen LogP contribution in [0.3, 0.4) is 0 Å².